The molecular formula is C12H24N2O. The van der Waals surface area contributed by atoms with Crippen LogP contribution in [0.2, 0.25) is 0 Å². The lowest BCUT2D eigenvalue weighted by Gasteiger charge is -2.33. The van der Waals surface area contributed by atoms with Crippen LogP contribution in [-0.4, -0.2) is 29.9 Å². The van der Waals surface area contributed by atoms with E-state index in [1.807, 2.05) is 4.90 Å². The second kappa shape index (κ2) is 5.50. The topological polar surface area (TPSA) is 46.3 Å². The number of likely N-dealkylation sites (tertiary alicyclic amines) is 1. The molecule has 0 unspecified atom stereocenters. The summed E-state index contributed by atoms with van der Waals surface area (Å²) >= 11 is 0. The standard InChI is InChI=1S/C12H24N2O/c1-4-10(3)11(13)12(15)14-7-5-6-9(2)8-14/h9-11H,4-8,13H2,1-3H3/t9-,10-,11-/m1/s1. The van der Waals surface area contributed by atoms with Crippen LogP contribution in [0.1, 0.15) is 40.0 Å². The predicted octanol–water partition coefficient (Wildman–Crippen LogP) is 1.62. The average molecular weight is 212 g/mol. The van der Waals surface area contributed by atoms with E-state index in [0.717, 1.165) is 25.9 Å². The number of carbonyl (C=O) groups excluding carboxylic acids is 1. The van der Waals surface area contributed by atoms with Gasteiger partial charge >= 0.3 is 0 Å². The summed E-state index contributed by atoms with van der Waals surface area (Å²) in [6.45, 7) is 8.12. The molecule has 1 amide bonds. The largest absolute Gasteiger partial charge is 0.341 e. The van der Waals surface area contributed by atoms with Gasteiger partial charge < -0.3 is 10.6 Å². The first-order chi connectivity index (χ1) is 7.06. The van der Waals surface area contributed by atoms with Crippen LogP contribution in [0.3, 0.4) is 0 Å². The lowest BCUT2D eigenvalue weighted by molar-refractivity contribution is -0.135. The Kier molecular flexibility index (Phi) is 4.58. The van der Waals surface area contributed by atoms with Crippen molar-refractivity contribution in [2.24, 2.45) is 17.6 Å². The fourth-order valence-corrected chi connectivity index (χ4v) is 2.10. The molecule has 3 atom stereocenters. The summed E-state index contributed by atoms with van der Waals surface area (Å²) in [7, 11) is 0. The summed E-state index contributed by atoms with van der Waals surface area (Å²) in [6, 6.07) is -0.305. The van der Waals surface area contributed by atoms with Gasteiger partial charge in [0.2, 0.25) is 5.91 Å². The summed E-state index contributed by atoms with van der Waals surface area (Å²) in [6.07, 6.45) is 3.33. The molecule has 0 aliphatic carbocycles. The van der Waals surface area contributed by atoms with E-state index in [9.17, 15) is 4.79 Å². The number of nitrogens with two attached hydrogens (primary N) is 1. The molecule has 0 bridgehead atoms. The van der Waals surface area contributed by atoms with Crippen LogP contribution in [-0.2, 0) is 4.79 Å². The number of hydrogen-bond donors (Lipinski definition) is 1. The number of nitrogens with zero attached hydrogens (tertiary/aromatic N) is 1. The fraction of sp³-hybridized carbons (Fsp3) is 0.917. The van der Waals surface area contributed by atoms with E-state index in [4.69, 9.17) is 5.73 Å². The maximum absolute atomic E-state index is 12.0. The SMILES string of the molecule is CC[C@@H](C)[C@@H](N)C(=O)N1CCC[C@@H](C)C1. The van der Waals surface area contributed by atoms with E-state index in [1.54, 1.807) is 0 Å². The molecule has 1 fully saturated rings. The molecule has 0 saturated carbocycles. The van der Waals surface area contributed by atoms with Gasteiger partial charge in [0.1, 0.15) is 0 Å². The Bertz CT molecular complexity index is 218. The van der Waals surface area contributed by atoms with Crippen LogP contribution in [0.25, 0.3) is 0 Å². The zero-order valence-electron chi connectivity index (χ0n) is 10.2. The van der Waals surface area contributed by atoms with Crippen molar-refractivity contribution in [3.05, 3.63) is 0 Å². The quantitative estimate of drug-likeness (QED) is 0.772. The summed E-state index contributed by atoms with van der Waals surface area (Å²) < 4.78 is 0. The Balaban J connectivity index is 2.51. The maximum atomic E-state index is 12.0. The van der Waals surface area contributed by atoms with Crippen molar-refractivity contribution in [1.29, 1.82) is 0 Å². The molecule has 15 heavy (non-hydrogen) atoms. The van der Waals surface area contributed by atoms with Crippen molar-refractivity contribution in [2.45, 2.75) is 46.1 Å². The lowest BCUT2D eigenvalue weighted by Crippen LogP contribution is -2.50. The van der Waals surface area contributed by atoms with Gasteiger partial charge in [-0.2, -0.15) is 0 Å². The Labute approximate surface area is 93.0 Å². The molecular weight excluding hydrogens is 188 g/mol. The van der Waals surface area contributed by atoms with E-state index < -0.39 is 0 Å². The second-order valence-electron chi connectivity index (χ2n) is 4.94. The van der Waals surface area contributed by atoms with Crippen LogP contribution in [0, 0.1) is 11.8 Å². The first-order valence-corrected chi connectivity index (χ1v) is 6.10. The zero-order chi connectivity index (χ0) is 11.4. The van der Waals surface area contributed by atoms with Crippen LogP contribution < -0.4 is 5.73 Å². The zero-order valence-corrected chi connectivity index (χ0v) is 10.2. The van der Waals surface area contributed by atoms with Crippen LogP contribution in [0.15, 0.2) is 0 Å². The highest BCUT2D eigenvalue weighted by Crippen LogP contribution is 2.17. The highest BCUT2D eigenvalue weighted by molar-refractivity contribution is 5.82. The molecule has 0 aromatic carbocycles. The molecule has 0 spiro atoms. The predicted molar refractivity (Wildman–Crippen MR) is 62.4 cm³/mol. The number of piperidine rings is 1. The van der Waals surface area contributed by atoms with Crippen molar-refractivity contribution >= 4 is 5.91 Å². The van der Waals surface area contributed by atoms with Crippen LogP contribution in [0.5, 0.6) is 0 Å². The molecule has 88 valence electrons. The Morgan fingerprint density at radius 1 is 1.60 bits per heavy atom. The number of rotatable bonds is 3. The van der Waals surface area contributed by atoms with E-state index in [0.29, 0.717) is 5.92 Å². The molecule has 0 aromatic heterocycles. The molecule has 0 aromatic rings. The van der Waals surface area contributed by atoms with Crippen molar-refractivity contribution < 1.29 is 4.79 Å². The molecule has 1 rings (SSSR count). The van der Waals surface area contributed by atoms with Gasteiger partial charge in [-0.1, -0.05) is 27.2 Å². The lowest BCUT2D eigenvalue weighted by atomic mass is 9.95. The third kappa shape index (κ3) is 3.20. The van der Waals surface area contributed by atoms with Gasteiger partial charge in [0.25, 0.3) is 0 Å². The van der Waals surface area contributed by atoms with Crippen LogP contribution >= 0.6 is 0 Å². The highest BCUT2D eigenvalue weighted by atomic mass is 16.2. The smallest absolute Gasteiger partial charge is 0.239 e. The molecule has 3 heteroatoms. The minimum absolute atomic E-state index is 0.149. The highest BCUT2D eigenvalue weighted by Gasteiger charge is 2.27. The summed E-state index contributed by atoms with van der Waals surface area (Å²) in [5.41, 5.74) is 5.96. The van der Waals surface area contributed by atoms with Crippen LogP contribution in [0.4, 0.5) is 0 Å². The second-order valence-corrected chi connectivity index (χ2v) is 4.94. The van der Waals surface area contributed by atoms with Gasteiger partial charge in [-0.05, 0) is 24.7 Å². The molecule has 3 nitrogen and oxygen atoms in total. The molecule has 1 saturated heterocycles. The minimum Gasteiger partial charge on any atom is -0.341 e. The van der Waals surface area contributed by atoms with Gasteiger partial charge in [0.05, 0.1) is 6.04 Å². The van der Waals surface area contributed by atoms with Crippen molar-refractivity contribution in [3.8, 4) is 0 Å². The summed E-state index contributed by atoms with van der Waals surface area (Å²) in [5.74, 6) is 1.07. The number of amides is 1. The van der Waals surface area contributed by atoms with E-state index in [2.05, 4.69) is 20.8 Å². The molecule has 2 N–H and O–H groups in total. The molecule has 1 aliphatic heterocycles. The monoisotopic (exact) mass is 212 g/mol. The number of hydrogen-bond acceptors (Lipinski definition) is 2. The molecule has 0 radical (unpaired) electrons. The van der Waals surface area contributed by atoms with E-state index >= 15 is 0 Å². The van der Waals surface area contributed by atoms with Gasteiger partial charge in [-0.3, -0.25) is 4.79 Å². The molecule has 1 aliphatic rings. The van der Waals surface area contributed by atoms with E-state index in [1.165, 1.54) is 6.42 Å². The third-order valence-corrected chi connectivity index (χ3v) is 3.51. The summed E-state index contributed by atoms with van der Waals surface area (Å²) in [4.78, 5) is 14.0. The van der Waals surface area contributed by atoms with Gasteiger partial charge in [0.15, 0.2) is 0 Å². The normalized spacial score (nSPS) is 26.1. The first kappa shape index (κ1) is 12.5. The number of carbonyl (C=O) groups is 1. The first-order valence-electron chi connectivity index (χ1n) is 6.10. The van der Waals surface area contributed by atoms with Crippen molar-refractivity contribution in [1.82, 2.24) is 4.90 Å². The van der Waals surface area contributed by atoms with Gasteiger partial charge in [0, 0.05) is 13.1 Å². The molecule has 1 heterocycles. The third-order valence-electron chi connectivity index (χ3n) is 3.51. The Morgan fingerprint density at radius 3 is 2.80 bits per heavy atom. The van der Waals surface area contributed by atoms with Crippen molar-refractivity contribution in [3.63, 3.8) is 0 Å². The average Bonchev–Trinajstić information content (AvgIpc) is 2.26. The summed E-state index contributed by atoms with van der Waals surface area (Å²) in [5, 5.41) is 0. The Hall–Kier alpha value is -0.570. The van der Waals surface area contributed by atoms with Gasteiger partial charge in [-0.15, -0.1) is 0 Å². The minimum atomic E-state index is -0.305. The Morgan fingerprint density at radius 2 is 2.27 bits per heavy atom. The fourth-order valence-electron chi connectivity index (χ4n) is 2.10. The van der Waals surface area contributed by atoms with E-state index in [-0.39, 0.29) is 17.9 Å². The van der Waals surface area contributed by atoms with Gasteiger partial charge in [-0.25, -0.2) is 0 Å². The van der Waals surface area contributed by atoms with Crippen molar-refractivity contribution in [2.75, 3.05) is 13.1 Å². The maximum Gasteiger partial charge on any atom is 0.239 e.